The molecule has 0 aliphatic rings. The molecular formula is C25H22N2S. The molecule has 0 saturated carbocycles. The second-order valence-electron chi connectivity index (χ2n) is 6.58. The molecule has 1 unspecified atom stereocenters. The largest absolute Gasteiger partial charge is 0.213 e. The van der Waals surface area contributed by atoms with Gasteiger partial charge in [-0.05, 0) is 57.1 Å². The minimum atomic E-state index is -1.75. The first-order valence-electron chi connectivity index (χ1n) is 9.23. The fourth-order valence-electron chi connectivity index (χ4n) is 3.05. The van der Waals surface area contributed by atoms with E-state index in [4.69, 9.17) is 8.73 Å². The number of hydrogen-bond acceptors (Lipinski definition) is 2. The molecule has 0 radical (unpaired) electrons. The van der Waals surface area contributed by atoms with E-state index in [0.717, 1.165) is 16.3 Å². The van der Waals surface area contributed by atoms with Gasteiger partial charge in [0, 0.05) is 11.2 Å². The quantitative estimate of drug-likeness (QED) is 0.348. The fourth-order valence-corrected chi connectivity index (χ4v) is 5.04. The molecule has 0 spiro atoms. The Kier molecular flexibility index (Phi) is 5.36. The highest BCUT2D eigenvalue weighted by Crippen LogP contribution is 2.27. The molecule has 138 valence electrons. The molecule has 1 atom stereocenters. The lowest BCUT2D eigenvalue weighted by Crippen LogP contribution is -1.96. The van der Waals surface area contributed by atoms with E-state index >= 15 is 0 Å². The van der Waals surface area contributed by atoms with Crippen LogP contribution in [0.15, 0.2) is 129 Å². The lowest BCUT2D eigenvalue weighted by atomic mass is 10.1. The standard InChI is InChI=1S/C25H22N2S/c1-28(25-15-9-4-10-16-25,26-23-13-7-3-8-14-23)27-24-19-17-22(18-20-24)21-11-5-2-6-12-21/h2-20H,1H3. The van der Waals surface area contributed by atoms with Crippen LogP contribution in [0.1, 0.15) is 0 Å². The van der Waals surface area contributed by atoms with Crippen molar-refractivity contribution >= 4 is 21.0 Å². The van der Waals surface area contributed by atoms with Crippen LogP contribution in [-0.2, 0) is 9.62 Å². The van der Waals surface area contributed by atoms with Crippen LogP contribution in [-0.4, -0.2) is 6.26 Å². The summed E-state index contributed by atoms with van der Waals surface area (Å²) in [7, 11) is -1.75. The molecule has 4 aromatic rings. The Bertz CT molecular complexity index is 1160. The van der Waals surface area contributed by atoms with Gasteiger partial charge in [0.15, 0.2) is 0 Å². The Morgan fingerprint density at radius 3 is 1.46 bits per heavy atom. The monoisotopic (exact) mass is 382 g/mol. The van der Waals surface area contributed by atoms with Crippen LogP contribution < -0.4 is 0 Å². The SMILES string of the molecule is CS(=Nc1ccccc1)(=Nc1ccc(-c2ccccc2)cc1)c1ccccc1. The van der Waals surface area contributed by atoms with Crippen molar-refractivity contribution in [1.82, 2.24) is 0 Å². The normalized spacial score (nSPS) is 12.8. The van der Waals surface area contributed by atoms with Gasteiger partial charge in [-0.25, -0.2) is 8.73 Å². The van der Waals surface area contributed by atoms with E-state index < -0.39 is 9.62 Å². The predicted octanol–water partition coefficient (Wildman–Crippen LogP) is 7.53. The smallest absolute Gasteiger partial charge is 0.0717 e. The summed E-state index contributed by atoms with van der Waals surface area (Å²) < 4.78 is 10.2. The molecule has 0 aliphatic carbocycles. The highest BCUT2D eigenvalue weighted by atomic mass is 32.2. The maximum absolute atomic E-state index is 5.11. The molecule has 4 rings (SSSR count). The third-order valence-corrected chi connectivity index (χ3v) is 6.78. The van der Waals surface area contributed by atoms with E-state index in [1.165, 1.54) is 11.1 Å². The van der Waals surface area contributed by atoms with Gasteiger partial charge in [-0.15, -0.1) is 0 Å². The van der Waals surface area contributed by atoms with Crippen molar-refractivity contribution in [2.75, 3.05) is 6.26 Å². The van der Waals surface area contributed by atoms with Gasteiger partial charge in [0.05, 0.1) is 11.4 Å². The molecule has 2 nitrogen and oxygen atoms in total. The molecule has 0 aromatic heterocycles. The van der Waals surface area contributed by atoms with E-state index in [0.29, 0.717) is 0 Å². The minimum Gasteiger partial charge on any atom is -0.213 e. The third kappa shape index (κ3) is 4.21. The van der Waals surface area contributed by atoms with Gasteiger partial charge < -0.3 is 0 Å². The first kappa shape index (κ1) is 18.2. The van der Waals surface area contributed by atoms with Crippen LogP contribution >= 0.6 is 0 Å². The molecule has 0 saturated heterocycles. The summed E-state index contributed by atoms with van der Waals surface area (Å²) in [5.74, 6) is 0. The molecular weight excluding hydrogens is 360 g/mol. The zero-order valence-corrected chi connectivity index (χ0v) is 16.6. The van der Waals surface area contributed by atoms with Crippen molar-refractivity contribution in [2.45, 2.75) is 4.90 Å². The fraction of sp³-hybridized carbons (Fsp3) is 0.0400. The summed E-state index contributed by atoms with van der Waals surface area (Å²) in [4.78, 5) is 1.14. The summed E-state index contributed by atoms with van der Waals surface area (Å²) in [5, 5.41) is 0. The summed E-state index contributed by atoms with van der Waals surface area (Å²) in [6.07, 6.45) is 2.14. The van der Waals surface area contributed by atoms with Crippen LogP contribution in [0.25, 0.3) is 11.1 Å². The van der Waals surface area contributed by atoms with Crippen LogP contribution in [0.5, 0.6) is 0 Å². The molecule has 0 aliphatic heterocycles. The Hall–Kier alpha value is -3.17. The number of nitrogens with zero attached hydrogens (tertiary/aromatic N) is 2. The van der Waals surface area contributed by atoms with Gasteiger partial charge >= 0.3 is 0 Å². The first-order valence-corrected chi connectivity index (χ1v) is 11.2. The van der Waals surface area contributed by atoms with Gasteiger partial charge in [-0.1, -0.05) is 78.9 Å². The highest BCUT2D eigenvalue weighted by molar-refractivity contribution is 7.95. The van der Waals surface area contributed by atoms with E-state index in [9.17, 15) is 0 Å². The maximum Gasteiger partial charge on any atom is 0.0717 e. The molecule has 0 fully saturated rings. The Morgan fingerprint density at radius 1 is 0.464 bits per heavy atom. The minimum absolute atomic E-state index is 0.945. The molecule has 0 bridgehead atoms. The van der Waals surface area contributed by atoms with E-state index in [1.54, 1.807) is 0 Å². The zero-order chi connectivity index (χ0) is 19.2. The van der Waals surface area contributed by atoms with Gasteiger partial charge in [0.1, 0.15) is 0 Å². The van der Waals surface area contributed by atoms with Crippen molar-refractivity contribution in [1.29, 1.82) is 0 Å². The van der Waals surface area contributed by atoms with Crippen LogP contribution in [0, 0.1) is 0 Å². The van der Waals surface area contributed by atoms with Crippen LogP contribution in [0.3, 0.4) is 0 Å². The second-order valence-corrected chi connectivity index (χ2v) is 9.08. The lowest BCUT2D eigenvalue weighted by molar-refractivity contribution is 1.40. The van der Waals surface area contributed by atoms with Gasteiger partial charge in [0.2, 0.25) is 0 Å². The summed E-state index contributed by atoms with van der Waals surface area (Å²) in [6, 6.07) is 39.3. The summed E-state index contributed by atoms with van der Waals surface area (Å²) in [5.41, 5.74) is 4.30. The van der Waals surface area contributed by atoms with E-state index in [2.05, 4.69) is 79.1 Å². The van der Waals surface area contributed by atoms with Crippen LogP contribution in [0.4, 0.5) is 11.4 Å². The molecule has 0 amide bonds. The molecule has 0 heterocycles. The first-order chi connectivity index (χ1) is 13.7. The maximum atomic E-state index is 5.11. The van der Waals surface area contributed by atoms with Crippen molar-refractivity contribution in [3.8, 4) is 11.1 Å². The molecule has 0 N–H and O–H groups in total. The van der Waals surface area contributed by atoms with Crippen molar-refractivity contribution in [3.05, 3.63) is 115 Å². The second kappa shape index (κ2) is 8.24. The number of rotatable bonds is 4. The van der Waals surface area contributed by atoms with Crippen molar-refractivity contribution in [3.63, 3.8) is 0 Å². The number of benzene rings is 4. The van der Waals surface area contributed by atoms with Crippen molar-refractivity contribution in [2.24, 2.45) is 8.73 Å². The molecule has 4 aromatic carbocycles. The zero-order valence-electron chi connectivity index (χ0n) is 15.8. The van der Waals surface area contributed by atoms with Gasteiger partial charge in [-0.3, -0.25) is 0 Å². The predicted molar refractivity (Wildman–Crippen MR) is 120 cm³/mol. The molecule has 3 heteroatoms. The average molecular weight is 383 g/mol. The number of hydrogen-bond donors (Lipinski definition) is 0. The van der Waals surface area contributed by atoms with E-state index in [-0.39, 0.29) is 0 Å². The van der Waals surface area contributed by atoms with Crippen molar-refractivity contribution < 1.29 is 0 Å². The summed E-state index contributed by atoms with van der Waals surface area (Å²) >= 11 is 0. The average Bonchev–Trinajstić information content (AvgIpc) is 2.76. The van der Waals surface area contributed by atoms with Gasteiger partial charge in [-0.2, -0.15) is 0 Å². The van der Waals surface area contributed by atoms with Gasteiger partial charge in [0.25, 0.3) is 0 Å². The highest BCUT2D eigenvalue weighted by Gasteiger charge is 2.06. The Labute approximate surface area is 167 Å². The third-order valence-electron chi connectivity index (χ3n) is 4.49. The Balaban J connectivity index is 1.81. The summed E-state index contributed by atoms with van der Waals surface area (Å²) in [6.45, 7) is 0. The van der Waals surface area contributed by atoms with Crippen LogP contribution in [0.2, 0.25) is 0 Å². The topological polar surface area (TPSA) is 24.7 Å². The lowest BCUT2D eigenvalue weighted by Gasteiger charge is -2.12. The Morgan fingerprint density at radius 2 is 0.893 bits per heavy atom. The van der Waals surface area contributed by atoms with E-state index in [1.807, 2.05) is 42.5 Å². The molecule has 28 heavy (non-hydrogen) atoms.